The first-order valence-corrected chi connectivity index (χ1v) is 5.95. The lowest BCUT2D eigenvalue weighted by Crippen LogP contribution is -2.29. The van der Waals surface area contributed by atoms with Crippen molar-refractivity contribution in [1.82, 2.24) is 9.88 Å². The Bertz CT molecular complexity index is 399. The average Bonchev–Trinajstić information content (AvgIpc) is 2.39. The number of nitrogens with two attached hydrogens (primary N) is 1. The number of aromatic nitrogens is 1. The maximum absolute atomic E-state index is 8.61. The lowest BCUT2D eigenvalue weighted by Gasteiger charge is -2.26. The molecule has 17 heavy (non-hydrogen) atoms. The number of hydrogen-bond acceptors (Lipinski definition) is 4. The van der Waals surface area contributed by atoms with Crippen molar-refractivity contribution in [3.63, 3.8) is 0 Å². The van der Waals surface area contributed by atoms with Gasteiger partial charge in [0.1, 0.15) is 5.69 Å². The van der Waals surface area contributed by atoms with Crippen LogP contribution in [0.4, 0.5) is 0 Å². The molecule has 92 valence electrons. The highest BCUT2D eigenvalue weighted by molar-refractivity contribution is 5.95. The Morgan fingerprint density at radius 3 is 2.88 bits per heavy atom. The molecule has 5 heteroatoms. The van der Waals surface area contributed by atoms with Gasteiger partial charge >= 0.3 is 0 Å². The zero-order valence-electron chi connectivity index (χ0n) is 9.84. The minimum Gasteiger partial charge on any atom is -0.409 e. The minimum atomic E-state index is 0.0606. The minimum absolute atomic E-state index is 0.0606. The average molecular weight is 234 g/mol. The van der Waals surface area contributed by atoms with Gasteiger partial charge in [0.05, 0.1) is 0 Å². The van der Waals surface area contributed by atoms with Crippen LogP contribution in [-0.2, 0) is 6.54 Å². The fourth-order valence-electron chi connectivity index (χ4n) is 2.14. The van der Waals surface area contributed by atoms with E-state index in [0.717, 1.165) is 25.2 Å². The Morgan fingerprint density at radius 1 is 1.41 bits per heavy atom. The number of rotatable bonds is 3. The Morgan fingerprint density at radius 2 is 2.18 bits per heavy atom. The zero-order valence-corrected chi connectivity index (χ0v) is 9.84. The second kappa shape index (κ2) is 5.63. The second-order valence-corrected chi connectivity index (χ2v) is 4.37. The van der Waals surface area contributed by atoms with Gasteiger partial charge in [-0.3, -0.25) is 9.88 Å². The summed E-state index contributed by atoms with van der Waals surface area (Å²) >= 11 is 0. The van der Waals surface area contributed by atoms with Crippen LogP contribution in [0.2, 0.25) is 0 Å². The van der Waals surface area contributed by atoms with Gasteiger partial charge in [0.2, 0.25) is 0 Å². The van der Waals surface area contributed by atoms with Gasteiger partial charge in [-0.2, -0.15) is 0 Å². The van der Waals surface area contributed by atoms with E-state index < -0.39 is 0 Å². The van der Waals surface area contributed by atoms with Gasteiger partial charge in [0, 0.05) is 12.7 Å². The Balaban J connectivity index is 2.05. The topological polar surface area (TPSA) is 74.7 Å². The van der Waals surface area contributed by atoms with Crippen LogP contribution in [0.15, 0.2) is 23.5 Å². The fraction of sp³-hybridized carbons (Fsp3) is 0.500. The van der Waals surface area contributed by atoms with Gasteiger partial charge in [-0.05, 0) is 43.6 Å². The molecule has 0 spiro atoms. The van der Waals surface area contributed by atoms with Gasteiger partial charge in [-0.1, -0.05) is 11.6 Å². The molecule has 5 nitrogen and oxygen atoms in total. The second-order valence-electron chi connectivity index (χ2n) is 4.37. The summed E-state index contributed by atoms with van der Waals surface area (Å²) in [4.78, 5) is 6.49. The molecular weight excluding hydrogens is 216 g/mol. The molecule has 0 aromatic carbocycles. The summed E-state index contributed by atoms with van der Waals surface area (Å²) < 4.78 is 0. The van der Waals surface area contributed by atoms with E-state index in [1.807, 2.05) is 12.1 Å². The van der Waals surface area contributed by atoms with E-state index in [1.165, 1.54) is 19.3 Å². The number of pyridine rings is 1. The maximum Gasteiger partial charge on any atom is 0.188 e. The van der Waals surface area contributed by atoms with Crippen LogP contribution in [0.3, 0.4) is 0 Å². The van der Waals surface area contributed by atoms with Crippen molar-refractivity contribution in [3.8, 4) is 0 Å². The molecule has 2 heterocycles. The summed E-state index contributed by atoms with van der Waals surface area (Å²) in [5.41, 5.74) is 7.21. The highest BCUT2D eigenvalue weighted by atomic mass is 16.4. The van der Waals surface area contributed by atoms with Gasteiger partial charge < -0.3 is 10.9 Å². The summed E-state index contributed by atoms with van der Waals surface area (Å²) in [6.45, 7) is 3.22. The molecule has 3 N–H and O–H groups in total. The molecule has 0 bridgehead atoms. The van der Waals surface area contributed by atoms with Crippen LogP contribution < -0.4 is 5.73 Å². The predicted octanol–water partition coefficient (Wildman–Crippen LogP) is 1.16. The number of piperidine rings is 1. The Kier molecular flexibility index (Phi) is 3.93. The van der Waals surface area contributed by atoms with E-state index in [0.29, 0.717) is 5.69 Å². The van der Waals surface area contributed by atoms with Crippen LogP contribution in [0.5, 0.6) is 0 Å². The van der Waals surface area contributed by atoms with Crippen LogP contribution in [0.1, 0.15) is 30.5 Å². The molecule has 0 unspecified atom stereocenters. The normalized spacial score (nSPS) is 18.2. The first-order valence-electron chi connectivity index (χ1n) is 5.95. The highest BCUT2D eigenvalue weighted by Crippen LogP contribution is 2.13. The quantitative estimate of drug-likeness (QED) is 0.356. The Hall–Kier alpha value is -1.62. The molecule has 1 saturated heterocycles. The van der Waals surface area contributed by atoms with Crippen LogP contribution >= 0.6 is 0 Å². The smallest absolute Gasteiger partial charge is 0.188 e. The summed E-state index contributed by atoms with van der Waals surface area (Å²) in [6.07, 6.45) is 5.59. The van der Waals surface area contributed by atoms with E-state index in [4.69, 9.17) is 10.9 Å². The number of amidine groups is 1. The van der Waals surface area contributed by atoms with Crippen molar-refractivity contribution in [2.45, 2.75) is 25.8 Å². The summed E-state index contributed by atoms with van der Waals surface area (Å²) in [5.74, 6) is 0.0606. The molecular formula is C12H18N4O. The lowest BCUT2D eigenvalue weighted by atomic mass is 10.1. The number of nitrogens with zero attached hydrogens (tertiary/aromatic N) is 3. The van der Waals surface area contributed by atoms with Crippen molar-refractivity contribution in [2.75, 3.05) is 13.1 Å². The zero-order chi connectivity index (χ0) is 12.1. The van der Waals surface area contributed by atoms with Crippen molar-refractivity contribution < 1.29 is 5.21 Å². The Labute approximate surface area is 101 Å². The van der Waals surface area contributed by atoms with Crippen molar-refractivity contribution in [1.29, 1.82) is 0 Å². The molecule has 0 saturated carbocycles. The molecule has 1 fully saturated rings. The van der Waals surface area contributed by atoms with Crippen LogP contribution in [-0.4, -0.2) is 34.0 Å². The van der Waals surface area contributed by atoms with Gasteiger partial charge in [-0.15, -0.1) is 0 Å². The number of hydrogen-bond donors (Lipinski definition) is 2. The first kappa shape index (κ1) is 11.9. The molecule has 0 atom stereocenters. The van der Waals surface area contributed by atoms with Crippen molar-refractivity contribution in [3.05, 3.63) is 29.6 Å². The molecule has 0 amide bonds. The first-order chi connectivity index (χ1) is 8.29. The van der Waals surface area contributed by atoms with Crippen molar-refractivity contribution in [2.24, 2.45) is 10.9 Å². The molecule has 1 aromatic rings. The van der Waals surface area contributed by atoms with Crippen LogP contribution in [0.25, 0.3) is 0 Å². The van der Waals surface area contributed by atoms with Gasteiger partial charge in [0.15, 0.2) is 5.84 Å². The summed E-state index contributed by atoms with van der Waals surface area (Å²) in [5, 5.41) is 11.6. The third-order valence-electron chi connectivity index (χ3n) is 3.05. The molecule has 0 radical (unpaired) electrons. The van der Waals surface area contributed by atoms with Crippen molar-refractivity contribution >= 4 is 5.84 Å². The van der Waals surface area contributed by atoms with Gasteiger partial charge in [-0.25, -0.2) is 0 Å². The summed E-state index contributed by atoms with van der Waals surface area (Å²) in [6, 6.07) is 3.85. The molecule has 0 aliphatic carbocycles. The standard InChI is InChI=1S/C12H18N4O/c13-12(15-17)11-8-10(4-5-14-11)9-16-6-2-1-3-7-16/h4-5,8,17H,1-3,6-7,9H2,(H2,13,15). The monoisotopic (exact) mass is 234 g/mol. The largest absolute Gasteiger partial charge is 0.409 e. The SMILES string of the molecule is NC(=NO)c1cc(CN2CCCCC2)ccn1. The third-order valence-corrected chi connectivity index (χ3v) is 3.05. The van der Waals surface area contributed by atoms with E-state index in [-0.39, 0.29) is 5.84 Å². The van der Waals surface area contributed by atoms with E-state index in [2.05, 4.69) is 15.0 Å². The fourth-order valence-corrected chi connectivity index (χ4v) is 2.14. The molecule has 2 rings (SSSR count). The third kappa shape index (κ3) is 3.17. The maximum atomic E-state index is 8.61. The summed E-state index contributed by atoms with van der Waals surface area (Å²) in [7, 11) is 0. The van der Waals surface area contributed by atoms with Gasteiger partial charge in [0.25, 0.3) is 0 Å². The molecule has 1 aromatic heterocycles. The molecule has 1 aliphatic heterocycles. The van der Waals surface area contributed by atoms with E-state index >= 15 is 0 Å². The number of likely N-dealkylation sites (tertiary alicyclic amines) is 1. The molecule has 1 aliphatic rings. The van der Waals surface area contributed by atoms with E-state index in [1.54, 1.807) is 6.20 Å². The van der Waals surface area contributed by atoms with Crippen LogP contribution in [0, 0.1) is 0 Å². The highest BCUT2D eigenvalue weighted by Gasteiger charge is 2.11. The predicted molar refractivity (Wildman–Crippen MR) is 65.9 cm³/mol. The number of oxime groups is 1. The lowest BCUT2D eigenvalue weighted by molar-refractivity contribution is 0.221. The van der Waals surface area contributed by atoms with E-state index in [9.17, 15) is 0 Å².